The van der Waals surface area contributed by atoms with E-state index < -0.39 is 15.9 Å². The fourth-order valence-corrected chi connectivity index (χ4v) is 5.54. The molecule has 3 aromatic carbocycles. The van der Waals surface area contributed by atoms with Gasteiger partial charge in [0.15, 0.2) is 11.5 Å². The maximum Gasteiger partial charge on any atom is 0.264 e. The third-order valence-electron chi connectivity index (χ3n) is 5.25. The Balaban J connectivity index is 1.56. The molecule has 4 rings (SSSR count). The summed E-state index contributed by atoms with van der Waals surface area (Å²) in [5.74, 6) is 1.31. The summed E-state index contributed by atoms with van der Waals surface area (Å²) in [5.41, 5.74) is 2.16. The zero-order chi connectivity index (χ0) is 24.3. The van der Waals surface area contributed by atoms with Gasteiger partial charge in [-0.25, -0.2) is 8.42 Å². The van der Waals surface area contributed by atoms with Crippen LogP contribution in [0.1, 0.15) is 11.1 Å². The van der Waals surface area contributed by atoms with Gasteiger partial charge in [0.05, 0.1) is 22.2 Å². The van der Waals surface area contributed by atoms with Crippen molar-refractivity contribution in [1.82, 2.24) is 5.32 Å². The fraction of sp³-hybridized carbons (Fsp3) is 0.208. The number of halogens is 1. The van der Waals surface area contributed by atoms with Gasteiger partial charge in [-0.2, -0.15) is 0 Å². The number of aryl methyl sites for hydroxylation is 1. The minimum absolute atomic E-state index is 0.0318. The van der Waals surface area contributed by atoms with Crippen LogP contribution in [0.2, 0.25) is 0 Å². The molecule has 0 saturated heterocycles. The van der Waals surface area contributed by atoms with Gasteiger partial charge in [-0.3, -0.25) is 9.10 Å². The van der Waals surface area contributed by atoms with Gasteiger partial charge in [0.25, 0.3) is 10.0 Å². The first-order chi connectivity index (χ1) is 16.3. The number of rotatable bonds is 8. The van der Waals surface area contributed by atoms with Gasteiger partial charge in [-0.1, -0.05) is 23.8 Å². The van der Waals surface area contributed by atoms with Gasteiger partial charge in [-0.05, 0) is 70.9 Å². The highest BCUT2D eigenvalue weighted by Gasteiger charge is 2.28. The molecule has 0 bridgehead atoms. The summed E-state index contributed by atoms with van der Waals surface area (Å²) in [4.78, 5) is 12.9. The molecule has 0 aromatic heterocycles. The first kappa shape index (κ1) is 23.9. The van der Waals surface area contributed by atoms with Gasteiger partial charge in [0.2, 0.25) is 12.7 Å². The molecule has 3 aromatic rings. The monoisotopic (exact) mass is 546 g/mol. The number of hydrogen-bond acceptors (Lipinski definition) is 6. The van der Waals surface area contributed by atoms with Crippen LogP contribution >= 0.6 is 15.9 Å². The second-order valence-corrected chi connectivity index (χ2v) is 10.3. The van der Waals surface area contributed by atoms with Crippen LogP contribution in [0, 0.1) is 6.92 Å². The quantitative estimate of drug-likeness (QED) is 0.458. The van der Waals surface area contributed by atoms with Crippen LogP contribution in [-0.4, -0.2) is 34.8 Å². The summed E-state index contributed by atoms with van der Waals surface area (Å²) in [6.45, 7) is 1.89. The van der Waals surface area contributed by atoms with Crippen LogP contribution in [0.5, 0.6) is 17.2 Å². The van der Waals surface area contributed by atoms with Crippen LogP contribution in [-0.2, 0) is 21.4 Å². The predicted molar refractivity (Wildman–Crippen MR) is 131 cm³/mol. The molecule has 1 heterocycles. The normalized spacial score (nSPS) is 12.3. The molecule has 0 radical (unpaired) electrons. The predicted octanol–water partition coefficient (Wildman–Crippen LogP) is 4.01. The lowest BCUT2D eigenvalue weighted by Gasteiger charge is -2.24. The zero-order valence-corrected chi connectivity index (χ0v) is 21.0. The third-order valence-corrected chi connectivity index (χ3v) is 7.64. The molecular weight excluding hydrogens is 524 g/mol. The molecule has 10 heteroatoms. The molecular formula is C24H23BrN2O6S. The number of carbonyl (C=O) groups excluding carboxylic acids is 1. The Morgan fingerprint density at radius 3 is 2.50 bits per heavy atom. The van der Waals surface area contributed by atoms with Crippen molar-refractivity contribution in [3.63, 3.8) is 0 Å². The van der Waals surface area contributed by atoms with Crippen LogP contribution in [0.4, 0.5) is 5.69 Å². The summed E-state index contributed by atoms with van der Waals surface area (Å²) in [6, 6.07) is 16.8. The number of benzene rings is 3. The Labute approximate surface area is 206 Å². The van der Waals surface area contributed by atoms with Crippen molar-refractivity contribution in [1.29, 1.82) is 0 Å². The van der Waals surface area contributed by atoms with E-state index in [0.29, 0.717) is 27.4 Å². The van der Waals surface area contributed by atoms with Crippen LogP contribution < -0.4 is 23.8 Å². The van der Waals surface area contributed by atoms with Crippen molar-refractivity contribution in [2.75, 3.05) is 24.8 Å². The number of amides is 1. The fourth-order valence-electron chi connectivity index (χ4n) is 3.40. The largest absolute Gasteiger partial charge is 0.496 e. The van der Waals surface area contributed by atoms with Crippen molar-refractivity contribution < 1.29 is 27.4 Å². The lowest BCUT2D eigenvalue weighted by atomic mass is 10.2. The average molecular weight is 547 g/mol. The van der Waals surface area contributed by atoms with Crippen molar-refractivity contribution in [2.24, 2.45) is 0 Å². The Morgan fingerprint density at radius 1 is 1.06 bits per heavy atom. The van der Waals surface area contributed by atoms with Gasteiger partial charge in [0, 0.05) is 6.54 Å². The maximum atomic E-state index is 13.6. The third kappa shape index (κ3) is 5.13. The molecule has 1 aliphatic rings. The number of fused-ring (bicyclic) bond motifs is 1. The van der Waals surface area contributed by atoms with E-state index in [0.717, 1.165) is 15.4 Å². The molecule has 34 heavy (non-hydrogen) atoms. The first-order valence-electron chi connectivity index (χ1n) is 10.4. The Bertz CT molecular complexity index is 1310. The van der Waals surface area contributed by atoms with Crippen LogP contribution in [0.15, 0.2) is 70.0 Å². The molecule has 0 saturated carbocycles. The molecule has 0 unspecified atom stereocenters. The van der Waals surface area contributed by atoms with Crippen molar-refractivity contribution in [3.05, 3.63) is 76.3 Å². The second-order valence-electron chi connectivity index (χ2n) is 7.61. The smallest absolute Gasteiger partial charge is 0.264 e. The van der Waals surface area contributed by atoms with E-state index >= 15 is 0 Å². The number of nitrogens with one attached hydrogen (secondary N) is 1. The number of carbonyl (C=O) groups is 1. The number of nitrogens with zero attached hydrogens (tertiary/aromatic N) is 1. The van der Waals surface area contributed by atoms with Crippen molar-refractivity contribution >= 4 is 37.5 Å². The van der Waals surface area contributed by atoms with E-state index in [1.54, 1.807) is 42.5 Å². The Kier molecular flexibility index (Phi) is 6.99. The molecule has 0 atom stereocenters. The maximum absolute atomic E-state index is 13.6. The lowest BCUT2D eigenvalue weighted by molar-refractivity contribution is -0.119. The molecule has 178 valence electrons. The zero-order valence-electron chi connectivity index (χ0n) is 18.6. The molecule has 1 aliphatic heterocycles. The van der Waals surface area contributed by atoms with Gasteiger partial charge < -0.3 is 19.5 Å². The first-order valence-corrected chi connectivity index (χ1v) is 12.6. The number of ether oxygens (including phenoxy) is 3. The van der Waals surface area contributed by atoms with E-state index in [1.165, 1.54) is 19.2 Å². The molecule has 0 spiro atoms. The number of anilines is 1. The second kappa shape index (κ2) is 9.94. The molecule has 8 nitrogen and oxygen atoms in total. The Hall–Kier alpha value is -3.24. The highest BCUT2D eigenvalue weighted by molar-refractivity contribution is 9.10. The Morgan fingerprint density at radius 2 is 1.79 bits per heavy atom. The van der Waals surface area contributed by atoms with Gasteiger partial charge in [-0.15, -0.1) is 0 Å². The minimum atomic E-state index is -4.05. The lowest BCUT2D eigenvalue weighted by Crippen LogP contribution is -2.40. The van der Waals surface area contributed by atoms with Crippen LogP contribution in [0.25, 0.3) is 0 Å². The van der Waals surface area contributed by atoms with Gasteiger partial charge in [0.1, 0.15) is 12.3 Å². The highest BCUT2D eigenvalue weighted by atomic mass is 79.9. The van der Waals surface area contributed by atoms with E-state index in [-0.39, 0.29) is 24.8 Å². The average Bonchev–Trinajstić information content (AvgIpc) is 3.29. The molecule has 0 aliphatic carbocycles. The molecule has 0 fully saturated rings. The molecule has 1 amide bonds. The SMILES string of the molecule is COc1ccc(S(=O)(=O)N(CC(=O)NCc2ccc3c(c2)OCO3)c2ccc(C)cc2)cc1Br. The standard InChI is InChI=1S/C24H23BrN2O6S/c1-16-3-6-18(7-4-16)27(34(29,30)19-8-10-21(31-2)20(25)12-19)14-24(28)26-13-17-5-9-22-23(11-17)33-15-32-22/h3-12H,13-15H2,1-2H3,(H,26,28). The number of methoxy groups -OCH3 is 1. The molecule has 1 N–H and O–H groups in total. The number of sulfonamides is 1. The summed E-state index contributed by atoms with van der Waals surface area (Å²) in [7, 11) is -2.55. The van der Waals surface area contributed by atoms with Crippen molar-refractivity contribution in [2.45, 2.75) is 18.4 Å². The van der Waals surface area contributed by atoms with E-state index in [1.807, 2.05) is 13.0 Å². The summed E-state index contributed by atoms with van der Waals surface area (Å²) in [5, 5.41) is 2.78. The summed E-state index contributed by atoms with van der Waals surface area (Å²) < 4.78 is 44.6. The van der Waals surface area contributed by atoms with Crippen LogP contribution in [0.3, 0.4) is 0 Å². The topological polar surface area (TPSA) is 94.2 Å². The van der Waals surface area contributed by atoms with E-state index in [9.17, 15) is 13.2 Å². The summed E-state index contributed by atoms with van der Waals surface area (Å²) >= 11 is 3.33. The van der Waals surface area contributed by atoms with E-state index in [2.05, 4.69) is 21.2 Å². The minimum Gasteiger partial charge on any atom is -0.496 e. The number of hydrogen-bond donors (Lipinski definition) is 1. The highest BCUT2D eigenvalue weighted by Crippen LogP contribution is 2.33. The summed E-state index contributed by atoms with van der Waals surface area (Å²) in [6.07, 6.45) is 0. The van der Waals surface area contributed by atoms with Gasteiger partial charge >= 0.3 is 0 Å². The van der Waals surface area contributed by atoms with Crippen molar-refractivity contribution in [3.8, 4) is 17.2 Å². The van der Waals surface area contributed by atoms with E-state index in [4.69, 9.17) is 14.2 Å².